The summed E-state index contributed by atoms with van der Waals surface area (Å²) in [4.78, 5) is 22.0. The summed E-state index contributed by atoms with van der Waals surface area (Å²) in [7, 11) is 0. The molecule has 0 saturated carbocycles. The summed E-state index contributed by atoms with van der Waals surface area (Å²) in [6.07, 6.45) is -1.91. The van der Waals surface area contributed by atoms with E-state index in [-0.39, 0.29) is 18.4 Å². The number of fused-ring (bicyclic) bond motifs is 3. The highest BCUT2D eigenvalue weighted by molar-refractivity contribution is 6.33. The Labute approximate surface area is 212 Å². The van der Waals surface area contributed by atoms with E-state index in [2.05, 4.69) is 20.1 Å². The summed E-state index contributed by atoms with van der Waals surface area (Å²) < 4.78 is 40.3. The molecule has 0 aliphatic carbocycles. The fourth-order valence-electron chi connectivity index (χ4n) is 5.22. The molecular formula is C27H26ClF3N4O. The number of hydrogen-bond acceptors (Lipinski definition) is 4. The minimum Gasteiger partial charge on any atom is -0.366 e. The van der Waals surface area contributed by atoms with Gasteiger partial charge in [-0.3, -0.25) is 9.78 Å². The molecule has 3 aromatic rings. The molecule has 1 N–H and O–H groups in total. The SMILES string of the molecule is O=C(NCCc1ccccn1)C1Cc2cc(C(F)(F)F)ccc2N2CCN(c3ccccc3Cl)CC12. The number of alkyl halides is 3. The van der Waals surface area contributed by atoms with Crippen molar-refractivity contribution in [3.63, 3.8) is 0 Å². The van der Waals surface area contributed by atoms with Gasteiger partial charge in [0, 0.05) is 50.2 Å². The second-order valence-electron chi connectivity index (χ2n) is 9.17. The molecule has 5 nitrogen and oxygen atoms in total. The number of amides is 1. The number of piperazine rings is 1. The molecule has 2 atom stereocenters. The van der Waals surface area contributed by atoms with Gasteiger partial charge in [0.25, 0.3) is 0 Å². The minimum atomic E-state index is -4.44. The van der Waals surface area contributed by atoms with E-state index < -0.39 is 17.7 Å². The molecule has 2 aliphatic rings. The number of para-hydroxylation sites is 1. The van der Waals surface area contributed by atoms with Gasteiger partial charge in [0.05, 0.1) is 28.2 Å². The normalized spacial score (nSPS) is 19.4. The molecule has 2 aromatic carbocycles. The zero-order valence-corrected chi connectivity index (χ0v) is 20.3. The van der Waals surface area contributed by atoms with E-state index in [9.17, 15) is 18.0 Å². The lowest BCUT2D eigenvalue weighted by Gasteiger charge is -2.50. The van der Waals surface area contributed by atoms with Gasteiger partial charge in [-0.1, -0.05) is 29.8 Å². The first kappa shape index (κ1) is 24.4. The van der Waals surface area contributed by atoms with Crippen LogP contribution in [0, 0.1) is 5.92 Å². The lowest BCUT2D eigenvalue weighted by atomic mass is 9.82. The number of benzene rings is 2. The van der Waals surface area contributed by atoms with Gasteiger partial charge in [0.15, 0.2) is 0 Å². The molecule has 1 saturated heterocycles. The number of nitrogens with zero attached hydrogens (tertiary/aromatic N) is 3. The average molecular weight is 515 g/mol. The fraction of sp³-hybridized carbons (Fsp3) is 0.333. The van der Waals surface area contributed by atoms with Gasteiger partial charge in [0.1, 0.15) is 0 Å². The highest BCUT2D eigenvalue weighted by Crippen LogP contribution is 2.40. The Morgan fingerprint density at radius 2 is 1.86 bits per heavy atom. The summed E-state index contributed by atoms with van der Waals surface area (Å²) >= 11 is 6.45. The molecule has 1 fully saturated rings. The Morgan fingerprint density at radius 3 is 2.61 bits per heavy atom. The van der Waals surface area contributed by atoms with Crippen LogP contribution in [0.3, 0.4) is 0 Å². The topological polar surface area (TPSA) is 48.5 Å². The molecule has 36 heavy (non-hydrogen) atoms. The Balaban J connectivity index is 1.41. The lowest BCUT2D eigenvalue weighted by Crippen LogP contribution is -2.61. The lowest BCUT2D eigenvalue weighted by molar-refractivity contribution is -0.137. The van der Waals surface area contributed by atoms with Crippen molar-refractivity contribution < 1.29 is 18.0 Å². The molecule has 0 radical (unpaired) electrons. The third-order valence-electron chi connectivity index (χ3n) is 6.98. The van der Waals surface area contributed by atoms with Crippen LogP contribution < -0.4 is 15.1 Å². The highest BCUT2D eigenvalue weighted by atomic mass is 35.5. The van der Waals surface area contributed by atoms with Crippen molar-refractivity contribution in [3.05, 3.63) is 88.7 Å². The van der Waals surface area contributed by atoms with Crippen molar-refractivity contribution in [2.24, 2.45) is 5.92 Å². The summed E-state index contributed by atoms with van der Waals surface area (Å²) in [5.74, 6) is -0.667. The van der Waals surface area contributed by atoms with Crippen molar-refractivity contribution in [2.75, 3.05) is 36.0 Å². The molecule has 2 unspecified atom stereocenters. The Bertz CT molecular complexity index is 1240. The molecule has 1 amide bonds. The van der Waals surface area contributed by atoms with Crippen molar-refractivity contribution in [3.8, 4) is 0 Å². The van der Waals surface area contributed by atoms with Gasteiger partial charge < -0.3 is 15.1 Å². The molecule has 9 heteroatoms. The maximum atomic E-state index is 13.4. The number of nitrogens with one attached hydrogen (secondary N) is 1. The molecule has 0 bridgehead atoms. The van der Waals surface area contributed by atoms with Crippen molar-refractivity contribution in [1.82, 2.24) is 10.3 Å². The van der Waals surface area contributed by atoms with Crippen LogP contribution in [0.4, 0.5) is 24.5 Å². The van der Waals surface area contributed by atoms with Crippen molar-refractivity contribution in [1.29, 1.82) is 0 Å². The Hall–Kier alpha value is -3.26. The standard InChI is InChI=1S/C27H26ClF3N4O/c28-22-6-1-2-7-24(22)34-13-14-35-23-9-8-19(27(29,30)31)15-18(23)16-21(25(35)17-34)26(36)33-12-10-20-5-3-4-11-32-20/h1-9,11,15,21,25H,10,12-14,16-17H2,(H,33,36). The molecule has 1 aromatic heterocycles. The predicted molar refractivity (Wildman–Crippen MR) is 134 cm³/mol. The molecule has 188 valence electrons. The van der Waals surface area contributed by atoms with E-state index in [4.69, 9.17) is 11.6 Å². The highest BCUT2D eigenvalue weighted by Gasteiger charge is 2.43. The molecular weight excluding hydrogens is 489 g/mol. The maximum Gasteiger partial charge on any atom is 0.416 e. The van der Waals surface area contributed by atoms with E-state index in [0.717, 1.165) is 23.1 Å². The monoisotopic (exact) mass is 514 g/mol. The number of pyridine rings is 1. The number of carbonyl (C=O) groups excluding carboxylic acids is 1. The van der Waals surface area contributed by atoms with Gasteiger partial charge in [-0.2, -0.15) is 13.2 Å². The van der Waals surface area contributed by atoms with Crippen LogP contribution in [0.15, 0.2) is 66.9 Å². The number of aromatic nitrogens is 1. The van der Waals surface area contributed by atoms with E-state index >= 15 is 0 Å². The van der Waals surface area contributed by atoms with Gasteiger partial charge in [0.2, 0.25) is 5.91 Å². The first-order valence-corrected chi connectivity index (χ1v) is 12.3. The number of halogens is 4. The first-order valence-electron chi connectivity index (χ1n) is 11.9. The van der Waals surface area contributed by atoms with E-state index in [1.54, 1.807) is 12.3 Å². The smallest absolute Gasteiger partial charge is 0.366 e. The fourth-order valence-corrected chi connectivity index (χ4v) is 5.47. The third kappa shape index (κ3) is 5.00. The summed E-state index contributed by atoms with van der Waals surface area (Å²) in [6.45, 7) is 2.17. The quantitative estimate of drug-likeness (QED) is 0.522. The van der Waals surface area contributed by atoms with E-state index in [1.165, 1.54) is 6.07 Å². The zero-order chi connectivity index (χ0) is 25.3. The van der Waals surface area contributed by atoms with Gasteiger partial charge >= 0.3 is 6.18 Å². The van der Waals surface area contributed by atoms with Crippen LogP contribution in [0.2, 0.25) is 5.02 Å². The minimum absolute atomic E-state index is 0.162. The van der Waals surface area contributed by atoms with Crippen LogP contribution in [-0.4, -0.2) is 43.1 Å². The van der Waals surface area contributed by atoms with Crippen LogP contribution >= 0.6 is 11.6 Å². The second kappa shape index (κ2) is 10.0. The summed E-state index contributed by atoms with van der Waals surface area (Å²) in [5.41, 5.74) is 2.39. The molecule has 5 rings (SSSR count). The average Bonchev–Trinajstić information content (AvgIpc) is 2.88. The number of rotatable bonds is 5. The summed E-state index contributed by atoms with van der Waals surface area (Å²) in [6, 6.07) is 16.9. The first-order chi connectivity index (χ1) is 17.3. The Morgan fingerprint density at radius 1 is 1.06 bits per heavy atom. The number of carbonyl (C=O) groups is 1. The second-order valence-corrected chi connectivity index (χ2v) is 9.58. The van der Waals surface area contributed by atoms with Crippen molar-refractivity contribution >= 4 is 28.9 Å². The zero-order valence-electron chi connectivity index (χ0n) is 19.5. The van der Waals surface area contributed by atoms with E-state index in [0.29, 0.717) is 43.2 Å². The van der Waals surface area contributed by atoms with Crippen LogP contribution in [0.25, 0.3) is 0 Å². The third-order valence-corrected chi connectivity index (χ3v) is 7.30. The Kier molecular flexibility index (Phi) is 6.79. The summed E-state index contributed by atoms with van der Waals surface area (Å²) in [5, 5.41) is 3.64. The number of hydrogen-bond donors (Lipinski definition) is 1. The van der Waals surface area contributed by atoms with Gasteiger partial charge in [-0.05, 0) is 54.4 Å². The van der Waals surface area contributed by atoms with E-state index in [1.807, 2.05) is 42.5 Å². The molecule has 2 aliphatic heterocycles. The van der Waals surface area contributed by atoms with Crippen LogP contribution in [-0.2, 0) is 23.8 Å². The molecule has 0 spiro atoms. The maximum absolute atomic E-state index is 13.4. The largest absolute Gasteiger partial charge is 0.416 e. The van der Waals surface area contributed by atoms with Crippen molar-refractivity contribution in [2.45, 2.75) is 25.1 Å². The van der Waals surface area contributed by atoms with Gasteiger partial charge in [-0.25, -0.2) is 0 Å². The van der Waals surface area contributed by atoms with Gasteiger partial charge in [-0.15, -0.1) is 0 Å². The number of anilines is 2. The van der Waals surface area contributed by atoms with Crippen LogP contribution in [0.5, 0.6) is 0 Å². The molecule has 3 heterocycles. The predicted octanol–water partition coefficient (Wildman–Crippen LogP) is 4.98. The van der Waals surface area contributed by atoms with Crippen LogP contribution in [0.1, 0.15) is 16.8 Å².